The minimum atomic E-state index is -0.366. The molecule has 4 aromatic rings. The first-order chi connectivity index (χ1) is 13.6. The summed E-state index contributed by atoms with van der Waals surface area (Å²) in [5.74, 6) is -0.420. The molecule has 0 saturated carbocycles. The van der Waals surface area contributed by atoms with Gasteiger partial charge in [-0.05, 0) is 47.9 Å². The van der Waals surface area contributed by atoms with E-state index in [9.17, 15) is 9.18 Å². The van der Waals surface area contributed by atoms with E-state index in [4.69, 9.17) is 11.6 Å². The zero-order valence-corrected chi connectivity index (χ0v) is 16.3. The number of nitrogens with zero attached hydrogens (tertiary/aromatic N) is 3. The number of benzene rings is 1. The zero-order chi connectivity index (χ0) is 19.3. The highest BCUT2D eigenvalue weighted by Gasteiger charge is 2.34. The molecule has 4 heterocycles. The number of aromatic nitrogens is 2. The van der Waals surface area contributed by atoms with Crippen molar-refractivity contribution >= 4 is 34.5 Å². The van der Waals surface area contributed by atoms with Crippen molar-refractivity contribution in [2.45, 2.75) is 12.5 Å². The fourth-order valence-electron chi connectivity index (χ4n) is 3.82. The first-order valence-electron chi connectivity index (χ1n) is 8.87. The molecule has 1 aromatic carbocycles. The van der Waals surface area contributed by atoms with Crippen LogP contribution >= 0.6 is 22.9 Å². The lowest BCUT2D eigenvalue weighted by Crippen LogP contribution is -2.40. The second kappa shape index (κ2) is 6.72. The molecule has 0 bridgehead atoms. The van der Waals surface area contributed by atoms with Crippen molar-refractivity contribution in [3.05, 3.63) is 92.8 Å². The van der Waals surface area contributed by atoms with Crippen molar-refractivity contribution in [1.82, 2.24) is 14.3 Å². The van der Waals surface area contributed by atoms with Crippen molar-refractivity contribution in [2.24, 2.45) is 0 Å². The summed E-state index contributed by atoms with van der Waals surface area (Å²) in [6.45, 7) is 0.547. The van der Waals surface area contributed by atoms with Gasteiger partial charge in [0, 0.05) is 30.0 Å². The molecular formula is C21H15ClFN3OS. The maximum Gasteiger partial charge on any atom is 0.256 e. The summed E-state index contributed by atoms with van der Waals surface area (Å²) in [6, 6.07) is 11.6. The van der Waals surface area contributed by atoms with Crippen LogP contribution in [0.5, 0.6) is 0 Å². The monoisotopic (exact) mass is 411 g/mol. The molecular weight excluding hydrogens is 397 g/mol. The molecule has 0 aliphatic carbocycles. The van der Waals surface area contributed by atoms with Crippen LogP contribution in [0.3, 0.4) is 0 Å². The summed E-state index contributed by atoms with van der Waals surface area (Å²) >= 11 is 7.79. The molecule has 4 nitrogen and oxygen atoms in total. The molecule has 7 heteroatoms. The van der Waals surface area contributed by atoms with Crippen LogP contribution in [0.2, 0.25) is 4.34 Å². The van der Waals surface area contributed by atoms with Gasteiger partial charge in [-0.2, -0.15) is 0 Å². The van der Waals surface area contributed by atoms with E-state index in [0.717, 1.165) is 28.1 Å². The molecule has 0 radical (unpaired) electrons. The zero-order valence-electron chi connectivity index (χ0n) is 14.7. The number of carbonyl (C=O) groups excluding carboxylic acids is 1. The Bertz CT molecular complexity index is 1200. The summed E-state index contributed by atoms with van der Waals surface area (Å²) < 4.78 is 16.5. The van der Waals surface area contributed by atoms with Crippen molar-refractivity contribution in [3.8, 4) is 0 Å². The fourth-order valence-corrected chi connectivity index (χ4v) is 5.12. The van der Waals surface area contributed by atoms with Gasteiger partial charge in [-0.15, -0.1) is 11.3 Å². The lowest BCUT2D eigenvalue weighted by atomic mass is 9.92. The van der Waals surface area contributed by atoms with Gasteiger partial charge in [0.05, 0.1) is 15.9 Å². The molecule has 28 heavy (non-hydrogen) atoms. The molecule has 0 saturated heterocycles. The topological polar surface area (TPSA) is 37.6 Å². The quantitative estimate of drug-likeness (QED) is 0.466. The van der Waals surface area contributed by atoms with Gasteiger partial charge in [-0.25, -0.2) is 9.37 Å². The average molecular weight is 412 g/mol. The number of halogens is 2. The van der Waals surface area contributed by atoms with E-state index in [-0.39, 0.29) is 17.8 Å². The van der Waals surface area contributed by atoms with Crippen LogP contribution in [0, 0.1) is 5.82 Å². The van der Waals surface area contributed by atoms with Crippen LogP contribution in [0.4, 0.5) is 4.39 Å². The Labute approximate surface area is 169 Å². The summed E-state index contributed by atoms with van der Waals surface area (Å²) in [7, 11) is 0. The third kappa shape index (κ3) is 2.89. The van der Waals surface area contributed by atoms with Crippen molar-refractivity contribution in [3.63, 3.8) is 0 Å². The molecule has 1 unspecified atom stereocenters. The van der Waals surface area contributed by atoms with Gasteiger partial charge in [-0.1, -0.05) is 23.7 Å². The van der Waals surface area contributed by atoms with E-state index in [0.29, 0.717) is 16.4 Å². The maximum absolute atomic E-state index is 14.0. The van der Waals surface area contributed by atoms with Crippen LogP contribution in [-0.2, 0) is 6.42 Å². The van der Waals surface area contributed by atoms with E-state index in [2.05, 4.69) is 4.98 Å². The van der Waals surface area contributed by atoms with Gasteiger partial charge in [0.25, 0.3) is 5.91 Å². The number of thiophene rings is 1. The number of fused-ring (bicyclic) bond motifs is 2. The summed E-state index contributed by atoms with van der Waals surface area (Å²) in [6.07, 6.45) is 6.02. The van der Waals surface area contributed by atoms with Crippen molar-refractivity contribution in [1.29, 1.82) is 0 Å². The van der Waals surface area contributed by atoms with Crippen LogP contribution < -0.4 is 0 Å². The first kappa shape index (κ1) is 17.4. The smallest absolute Gasteiger partial charge is 0.256 e. The molecule has 3 aromatic heterocycles. The van der Waals surface area contributed by atoms with Gasteiger partial charge in [0.15, 0.2) is 0 Å². The number of imidazole rings is 1. The van der Waals surface area contributed by atoms with Crippen molar-refractivity contribution < 1.29 is 9.18 Å². The number of carbonyl (C=O) groups is 1. The van der Waals surface area contributed by atoms with Crippen LogP contribution in [0.25, 0.3) is 5.65 Å². The highest BCUT2D eigenvalue weighted by molar-refractivity contribution is 7.16. The molecule has 1 amide bonds. The van der Waals surface area contributed by atoms with E-state index in [1.807, 2.05) is 28.8 Å². The number of hydrogen-bond donors (Lipinski definition) is 0. The van der Waals surface area contributed by atoms with E-state index < -0.39 is 0 Å². The van der Waals surface area contributed by atoms with Gasteiger partial charge in [0.1, 0.15) is 11.5 Å². The molecule has 1 aliphatic heterocycles. The summed E-state index contributed by atoms with van der Waals surface area (Å²) in [4.78, 5) is 20.6. The highest BCUT2D eigenvalue weighted by Crippen LogP contribution is 2.41. The molecule has 0 fully saturated rings. The molecule has 0 spiro atoms. The Morgan fingerprint density at radius 3 is 3.00 bits per heavy atom. The number of pyridine rings is 1. The Morgan fingerprint density at radius 2 is 2.14 bits per heavy atom. The normalized spacial score (nSPS) is 16.4. The predicted molar refractivity (Wildman–Crippen MR) is 108 cm³/mol. The Hall–Kier alpha value is -2.70. The SMILES string of the molecule is O=C(c1ccc2nccn2c1)N1CCc2sc(Cl)cc2C1c1cccc(F)c1. The predicted octanol–water partition coefficient (Wildman–Crippen LogP) is 4.98. The Balaban J connectivity index is 1.61. The molecule has 1 aliphatic rings. The summed E-state index contributed by atoms with van der Waals surface area (Å²) in [5.41, 5.74) is 3.07. The fraction of sp³-hybridized carbons (Fsp3) is 0.143. The van der Waals surface area contributed by atoms with E-state index in [1.54, 1.807) is 29.4 Å². The standard InChI is InChI=1S/C21H15ClFN3OS/c22-18-11-16-17(28-18)6-8-26(20(16)13-2-1-3-15(23)10-13)21(27)14-4-5-19-24-7-9-25(19)12-14/h1-5,7,9-12,20H,6,8H2. The maximum atomic E-state index is 14.0. The lowest BCUT2D eigenvalue weighted by Gasteiger charge is -2.36. The highest BCUT2D eigenvalue weighted by atomic mass is 35.5. The van der Waals surface area contributed by atoms with Gasteiger partial charge < -0.3 is 9.30 Å². The Morgan fingerprint density at radius 1 is 1.25 bits per heavy atom. The van der Waals surface area contributed by atoms with Crippen LogP contribution in [0.1, 0.15) is 32.4 Å². The Kier molecular flexibility index (Phi) is 4.18. The van der Waals surface area contributed by atoms with Crippen LogP contribution in [-0.4, -0.2) is 26.7 Å². The average Bonchev–Trinajstić information content (AvgIpc) is 3.31. The minimum absolute atomic E-state index is 0.0992. The van der Waals surface area contributed by atoms with Gasteiger partial charge in [0.2, 0.25) is 0 Å². The largest absolute Gasteiger partial charge is 0.327 e. The minimum Gasteiger partial charge on any atom is -0.327 e. The number of hydrogen-bond acceptors (Lipinski definition) is 3. The molecule has 0 N–H and O–H groups in total. The molecule has 5 rings (SSSR count). The third-order valence-electron chi connectivity index (χ3n) is 5.06. The van der Waals surface area contributed by atoms with Gasteiger partial charge in [-0.3, -0.25) is 4.79 Å². The molecule has 140 valence electrons. The first-order valence-corrected chi connectivity index (χ1v) is 10.1. The number of rotatable bonds is 2. The van der Waals surface area contributed by atoms with Crippen molar-refractivity contribution in [2.75, 3.05) is 6.54 Å². The van der Waals surface area contributed by atoms with E-state index >= 15 is 0 Å². The third-order valence-corrected chi connectivity index (χ3v) is 6.40. The van der Waals surface area contributed by atoms with Gasteiger partial charge >= 0.3 is 0 Å². The van der Waals surface area contributed by atoms with E-state index in [1.165, 1.54) is 23.5 Å². The second-order valence-corrected chi connectivity index (χ2v) is 8.51. The summed E-state index contributed by atoms with van der Waals surface area (Å²) in [5, 5.41) is 0. The lowest BCUT2D eigenvalue weighted by molar-refractivity contribution is 0.0695. The number of amides is 1. The second-order valence-electron chi connectivity index (χ2n) is 6.75. The van der Waals surface area contributed by atoms with Crippen LogP contribution in [0.15, 0.2) is 61.1 Å². The molecule has 1 atom stereocenters.